The van der Waals surface area contributed by atoms with Gasteiger partial charge in [-0.1, -0.05) is 42.9 Å². The van der Waals surface area contributed by atoms with Crippen LogP contribution < -0.4 is 19.6 Å². The lowest BCUT2D eigenvalue weighted by Crippen LogP contribution is -2.40. The van der Waals surface area contributed by atoms with Gasteiger partial charge < -0.3 is 9.47 Å². The number of thiazole rings is 1. The smallest absolute Gasteiger partial charge is 0.338 e. The zero-order valence-electron chi connectivity index (χ0n) is 19.7. The zero-order valence-corrected chi connectivity index (χ0v) is 21.4. The minimum atomic E-state index is -0.627. The van der Waals surface area contributed by atoms with Crippen LogP contribution in [0.2, 0.25) is 0 Å². The van der Waals surface area contributed by atoms with Crippen LogP contribution in [0.15, 0.2) is 62.8 Å². The molecule has 1 aromatic carbocycles. The third-order valence-electron chi connectivity index (χ3n) is 5.36. The van der Waals surface area contributed by atoms with Gasteiger partial charge in [-0.2, -0.15) is 0 Å². The van der Waals surface area contributed by atoms with E-state index in [-0.39, 0.29) is 11.7 Å². The van der Waals surface area contributed by atoms with Crippen LogP contribution in [0.25, 0.3) is 6.08 Å². The number of rotatable bonds is 8. The van der Waals surface area contributed by atoms with Crippen LogP contribution in [0.1, 0.15) is 57.0 Å². The zero-order chi connectivity index (χ0) is 24.2. The largest absolute Gasteiger partial charge is 0.494 e. The molecule has 3 heterocycles. The number of allylic oxidation sites excluding steroid dienone is 1. The van der Waals surface area contributed by atoms with Gasteiger partial charge in [-0.05, 0) is 62.4 Å². The van der Waals surface area contributed by atoms with Gasteiger partial charge in [0.05, 0.1) is 34.6 Å². The van der Waals surface area contributed by atoms with E-state index in [9.17, 15) is 9.59 Å². The Balaban J connectivity index is 1.83. The highest BCUT2D eigenvalue weighted by Gasteiger charge is 2.33. The molecule has 0 saturated heterocycles. The van der Waals surface area contributed by atoms with Gasteiger partial charge in [0.1, 0.15) is 5.75 Å². The normalized spacial score (nSPS) is 15.9. The molecule has 1 atom stereocenters. The lowest BCUT2D eigenvalue weighted by atomic mass is 9.96. The SMILES string of the molecule is CCCCOc1ccc(C2C(C(=O)OC(C)C)=C(C)N=c3s/c(=C\c4cccs4)c(=O)n32)cc1. The molecule has 3 aromatic rings. The van der Waals surface area contributed by atoms with Crippen LogP contribution in [-0.2, 0) is 9.53 Å². The van der Waals surface area contributed by atoms with Crippen molar-refractivity contribution in [3.05, 3.63) is 83.2 Å². The number of thiophene rings is 1. The van der Waals surface area contributed by atoms with Crippen LogP contribution in [0, 0.1) is 0 Å². The maximum atomic E-state index is 13.5. The summed E-state index contributed by atoms with van der Waals surface area (Å²) in [6.45, 7) is 8.18. The number of hydrogen-bond donors (Lipinski definition) is 0. The second kappa shape index (κ2) is 10.5. The van der Waals surface area contributed by atoms with Crippen LogP contribution in [-0.4, -0.2) is 23.2 Å². The lowest BCUT2D eigenvalue weighted by molar-refractivity contribution is -0.143. The number of hydrogen-bond acceptors (Lipinski definition) is 7. The fraction of sp³-hybridized carbons (Fsp3) is 0.346. The molecule has 0 radical (unpaired) electrons. The first-order valence-electron chi connectivity index (χ1n) is 11.4. The van der Waals surface area contributed by atoms with Crippen molar-refractivity contribution < 1.29 is 14.3 Å². The van der Waals surface area contributed by atoms with Crippen molar-refractivity contribution in [3.8, 4) is 5.75 Å². The number of fused-ring (bicyclic) bond motifs is 1. The van der Waals surface area contributed by atoms with E-state index in [0.29, 0.717) is 27.2 Å². The Hall–Kier alpha value is -2.97. The monoisotopic (exact) mass is 496 g/mol. The van der Waals surface area contributed by atoms with E-state index in [1.165, 1.54) is 11.3 Å². The summed E-state index contributed by atoms with van der Waals surface area (Å²) in [6, 6.07) is 10.9. The minimum absolute atomic E-state index is 0.173. The topological polar surface area (TPSA) is 69.9 Å². The number of unbranched alkanes of at least 4 members (excludes halogenated alkanes) is 1. The molecule has 0 saturated carbocycles. The number of esters is 1. The quantitative estimate of drug-likeness (QED) is 0.342. The van der Waals surface area contributed by atoms with Crippen molar-refractivity contribution in [2.75, 3.05) is 6.61 Å². The average molecular weight is 497 g/mol. The summed E-state index contributed by atoms with van der Waals surface area (Å²) in [5.74, 6) is 0.298. The van der Waals surface area contributed by atoms with Crippen molar-refractivity contribution in [3.63, 3.8) is 0 Å². The number of carbonyl (C=O) groups excluding carboxylic acids is 1. The van der Waals surface area contributed by atoms with Crippen molar-refractivity contribution in [1.82, 2.24) is 4.57 Å². The van der Waals surface area contributed by atoms with Crippen molar-refractivity contribution in [2.24, 2.45) is 4.99 Å². The molecule has 4 rings (SSSR count). The van der Waals surface area contributed by atoms with Crippen LogP contribution in [0.5, 0.6) is 5.75 Å². The van der Waals surface area contributed by atoms with Crippen LogP contribution in [0.4, 0.5) is 0 Å². The summed E-state index contributed by atoms with van der Waals surface area (Å²) in [7, 11) is 0. The number of nitrogens with zero attached hydrogens (tertiary/aromatic N) is 2. The first-order chi connectivity index (χ1) is 16.4. The second-order valence-corrected chi connectivity index (χ2v) is 10.3. The Kier molecular flexibility index (Phi) is 7.48. The van der Waals surface area contributed by atoms with Gasteiger partial charge in [0.2, 0.25) is 0 Å². The van der Waals surface area contributed by atoms with Crippen molar-refractivity contribution >= 4 is 34.7 Å². The van der Waals surface area contributed by atoms with Gasteiger partial charge >= 0.3 is 5.97 Å². The molecular formula is C26H28N2O4S2. The highest BCUT2D eigenvalue weighted by molar-refractivity contribution is 7.11. The van der Waals surface area contributed by atoms with E-state index in [2.05, 4.69) is 11.9 Å². The first kappa shape index (κ1) is 24.2. The Labute approximate surface area is 206 Å². The Bertz CT molecular complexity index is 1360. The summed E-state index contributed by atoms with van der Waals surface area (Å²) >= 11 is 2.90. The number of ether oxygens (including phenoxy) is 2. The number of benzene rings is 1. The van der Waals surface area contributed by atoms with Crippen molar-refractivity contribution in [2.45, 2.75) is 52.7 Å². The Morgan fingerprint density at radius 2 is 2.00 bits per heavy atom. The molecule has 1 aliphatic heterocycles. The first-order valence-corrected chi connectivity index (χ1v) is 13.1. The molecule has 0 N–H and O–H groups in total. The molecule has 6 nitrogen and oxygen atoms in total. The maximum absolute atomic E-state index is 13.5. The van der Waals surface area contributed by atoms with E-state index < -0.39 is 12.0 Å². The molecule has 1 aliphatic rings. The second-order valence-electron chi connectivity index (χ2n) is 8.32. The molecule has 34 heavy (non-hydrogen) atoms. The van der Waals surface area contributed by atoms with Gasteiger partial charge in [0.25, 0.3) is 5.56 Å². The van der Waals surface area contributed by atoms with E-state index in [0.717, 1.165) is 29.0 Å². The summed E-state index contributed by atoms with van der Waals surface area (Å²) in [5, 5.41) is 1.97. The molecule has 0 spiro atoms. The summed E-state index contributed by atoms with van der Waals surface area (Å²) in [6.07, 6.45) is 3.63. The maximum Gasteiger partial charge on any atom is 0.338 e. The van der Waals surface area contributed by atoms with Gasteiger partial charge in [0, 0.05) is 4.88 Å². The van der Waals surface area contributed by atoms with E-state index in [1.54, 1.807) is 22.8 Å². The molecule has 178 valence electrons. The fourth-order valence-electron chi connectivity index (χ4n) is 3.76. The standard InChI is InChI=1S/C26H28N2O4S2/c1-5-6-13-31-19-11-9-18(10-12-19)23-22(25(30)32-16(2)3)17(4)27-26-28(23)24(29)21(34-26)15-20-8-7-14-33-20/h7-12,14-16,23H,5-6,13H2,1-4H3/b21-15-. The Morgan fingerprint density at radius 1 is 1.24 bits per heavy atom. The summed E-state index contributed by atoms with van der Waals surface area (Å²) in [5.41, 5.74) is 1.57. The minimum Gasteiger partial charge on any atom is -0.494 e. The molecule has 0 fully saturated rings. The van der Waals surface area contributed by atoms with Gasteiger partial charge in [-0.3, -0.25) is 9.36 Å². The highest BCUT2D eigenvalue weighted by Crippen LogP contribution is 2.32. The van der Waals surface area contributed by atoms with E-state index >= 15 is 0 Å². The molecule has 1 unspecified atom stereocenters. The molecule has 2 aromatic heterocycles. The number of carbonyl (C=O) groups is 1. The summed E-state index contributed by atoms with van der Waals surface area (Å²) < 4.78 is 13.5. The molecule has 0 amide bonds. The average Bonchev–Trinajstić information content (AvgIpc) is 3.41. The van der Waals surface area contributed by atoms with Crippen molar-refractivity contribution in [1.29, 1.82) is 0 Å². The third kappa shape index (κ3) is 5.08. The third-order valence-corrected chi connectivity index (χ3v) is 7.17. The molecule has 0 aliphatic carbocycles. The van der Waals surface area contributed by atoms with E-state index in [1.807, 2.05) is 61.7 Å². The molecule has 0 bridgehead atoms. The van der Waals surface area contributed by atoms with E-state index in [4.69, 9.17) is 9.47 Å². The van der Waals surface area contributed by atoms with Gasteiger partial charge in [-0.15, -0.1) is 11.3 Å². The highest BCUT2D eigenvalue weighted by atomic mass is 32.1. The fourth-order valence-corrected chi connectivity index (χ4v) is 5.53. The Morgan fingerprint density at radius 3 is 2.65 bits per heavy atom. The summed E-state index contributed by atoms with van der Waals surface area (Å²) in [4.78, 5) is 32.9. The predicted molar refractivity (Wildman–Crippen MR) is 136 cm³/mol. The molecule has 8 heteroatoms. The predicted octanol–water partition coefficient (Wildman–Crippen LogP) is 4.43. The van der Waals surface area contributed by atoms with Gasteiger partial charge in [-0.25, -0.2) is 9.79 Å². The van der Waals surface area contributed by atoms with Gasteiger partial charge in [0.15, 0.2) is 4.80 Å². The van der Waals surface area contributed by atoms with Crippen LogP contribution >= 0.6 is 22.7 Å². The van der Waals surface area contributed by atoms with Crippen LogP contribution in [0.3, 0.4) is 0 Å². The molecular weight excluding hydrogens is 468 g/mol. The number of aromatic nitrogens is 1. The lowest BCUT2D eigenvalue weighted by Gasteiger charge is -2.25.